The third kappa shape index (κ3) is 4.08. The molecule has 4 nitrogen and oxygen atoms in total. The fourth-order valence-corrected chi connectivity index (χ4v) is 1.26. The lowest BCUT2D eigenvalue weighted by molar-refractivity contribution is -0.137. The van der Waals surface area contributed by atoms with E-state index < -0.39 is 35.0 Å². The maximum Gasteiger partial charge on any atom is 0.303 e. The van der Waals surface area contributed by atoms with E-state index in [1.807, 2.05) is 5.32 Å². The number of benzene rings is 1. The second-order valence-corrected chi connectivity index (χ2v) is 3.54. The van der Waals surface area contributed by atoms with Crippen LogP contribution in [0.15, 0.2) is 12.1 Å². The summed E-state index contributed by atoms with van der Waals surface area (Å²) in [7, 11) is 0. The predicted molar refractivity (Wildman–Crippen MR) is 56.4 cm³/mol. The molecular weight excluding hydrogens is 251 g/mol. The van der Waals surface area contributed by atoms with Gasteiger partial charge in [0.1, 0.15) is 11.5 Å². The van der Waals surface area contributed by atoms with E-state index in [1.54, 1.807) is 0 Å². The number of aliphatic carboxylic acids is 1. The fourth-order valence-electron chi connectivity index (χ4n) is 1.26. The number of rotatable bonds is 5. The zero-order valence-electron chi connectivity index (χ0n) is 9.17. The van der Waals surface area contributed by atoms with Crippen molar-refractivity contribution in [2.24, 2.45) is 0 Å². The summed E-state index contributed by atoms with van der Waals surface area (Å²) in [6.07, 6.45) is -0.365. The number of carboxylic acid groups (broad SMARTS) is 1. The zero-order chi connectivity index (χ0) is 13.7. The Balaban J connectivity index is 2.62. The molecule has 0 radical (unpaired) electrons. The van der Waals surface area contributed by atoms with Crippen LogP contribution in [0.4, 0.5) is 18.9 Å². The first-order valence-electron chi connectivity index (χ1n) is 5.06. The first-order valence-corrected chi connectivity index (χ1v) is 5.06. The summed E-state index contributed by atoms with van der Waals surface area (Å²) in [6.45, 7) is 0. The molecule has 7 heteroatoms. The molecular formula is C11H10F3NO3. The summed E-state index contributed by atoms with van der Waals surface area (Å²) < 4.78 is 38.8. The van der Waals surface area contributed by atoms with Crippen LogP contribution in [0.2, 0.25) is 0 Å². The van der Waals surface area contributed by atoms with Crippen LogP contribution in [0, 0.1) is 17.5 Å². The van der Waals surface area contributed by atoms with E-state index in [9.17, 15) is 22.8 Å². The van der Waals surface area contributed by atoms with E-state index in [2.05, 4.69) is 0 Å². The zero-order valence-corrected chi connectivity index (χ0v) is 9.17. The molecule has 0 aliphatic carbocycles. The highest BCUT2D eigenvalue weighted by Gasteiger charge is 2.14. The number of hydrogen-bond donors (Lipinski definition) is 2. The van der Waals surface area contributed by atoms with Gasteiger partial charge >= 0.3 is 5.97 Å². The summed E-state index contributed by atoms with van der Waals surface area (Å²) >= 11 is 0. The minimum absolute atomic E-state index is 0.0472. The van der Waals surface area contributed by atoms with Crippen LogP contribution < -0.4 is 5.32 Å². The van der Waals surface area contributed by atoms with Gasteiger partial charge in [-0.2, -0.15) is 0 Å². The Kier molecular flexibility index (Phi) is 4.70. The maximum atomic E-state index is 13.1. The predicted octanol–water partition coefficient (Wildman–Crippen LogP) is 2.30. The van der Waals surface area contributed by atoms with Gasteiger partial charge in [0.05, 0.1) is 0 Å². The second-order valence-electron chi connectivity index (χ2n) is 3.54. The molecule has 0 aromatic heterocycles. The lowest BCUT2D eigenvalue weighted by Crippen LogP contribution is -2.14. The first kappa shape index (κ1) is 14.0. The molecule has 0 aliphatic heterocycles. The Morgan fingerprint density at radius 3 is 2.17 bits per heavy atom. The number of carboxylic acids is 1. The van der Waals surface area contributed by atoms with Gasteiger partial charge in [0.25, 0.3) is 0 Å². The van der Waals surface area contributed by atoms with E-state index >= 15 is 0 Å². The molecule has 0 unspecified atom stereocenters. The Hall–Kier alpha value is -2.05. The summed E-state index contributed by atoms with van der Waals surface area (Å²) in [4.78, 5) is 21.4. The molecule has 0 saturated heterocycles. The summed E-state index contributed by atoms with van der Waals surface area (Å²) in [5, 5.41) is 10.3. The number of hydrogen-bond acceptors (Lipinski definition) is 2. The maximum absolute atomic E-state index is 13.1. The average Bonchev–Trinajstić information content (AvgIpc) is 2.22. The van der Waals surface area contributed by atoms with Gasteiger partial charge in [0.15, 0.2) is 11.6 Å². The summed E-state index contributed by atoms with van der Waals surface area (Å²) in [6, 6.07) is 0.881. The third-order valence-electron chi connectivity index (χ3n) is 2.07. The van der Waals surface area contributed by atoms with Crippen molar-refractivity contribution in [3.63, 3.8) is 0 Å². The standard InChI is InChI=1S/C11H10F3NO3/c12-6-4-7(13)11(8(14)5-6)15-9(16)2-1-3-10(17)18/h4-5H,1-3H2,(H,15,16)(H,17,18). The van der Waals surface area contributed by atoms with Gasteiger partial charge in [-0.3, -0.25) is 9.59 Å². The number of nitrogens with one attached hydrogen (secondary N) is 1. The fraction of sp³-hybridized carbons (Fsp3) is 0.273. The molecule has 1 rings (SSSR count). The Bertz CT molecular complexity index is 454. The topological polar surface area (TPSA) is 66.4 Å². The van der Waals surface area contributed by atoms with Crippen LogP contribution in [0.25, 0.3) is 0 Å². The molecule has 2 N–H and O–H groups in total. The quantitative estimate of drug-likeness (QED) is 0.854. The molecule has 0 spiro atoms. The van der Waals surface area contributed by atoms with Crippen LogP contribution >= 0.6 is 0 Å². The van der Waals surface area contributed by atoms with Crippen molar-refractivity contribution in [1.29, 1.82) is 0 Å². The number of carbonyl (C=O) groups is 2. The summed E-state index contributed by atoms with van der Waals surface area (Å²) in [5.41, 5.74) is -0.739. The van der Waals surface area contributed by atoms with Gasteiger partial charge in [0, 0.05) is 25.0 Å². The van der Waals surface area contributed by atoms with Gasteiger partial charge in [-0.15, -0.1) is 0 Å². The second kappa shape index (κ2) is 6.04. The normalized spacial score (nSPS) is 10.2. The molecule has 1 aromatic rings. The van der Waals surface area contributed by atoms with E-state index in [0.29, 0.717) is 12.1 Å². The molecule has 0 atom stereocenters. The monoisotopic (exact) mass is 261 g/mol. The highest BCUT2D eigenvalue weighted by Crippen LogP contribution is 2.20. The minimum Gasteiger partial charge on any atom is -0.481 e. The van der Waals surface area contributed by atoms with Crippen molar-refractivity contribution >= 4 is 17.6 Å². The van der Waals surface area contributed by atoms with Crippen molar-refractivity contribution < 1.29 is 27.9 Å². The Labute approximate surface area is 100 Å². The highest BCUT2D eigenvalue weighted by atomic mass is 19.1. The lowest BCUT2D eigenvalue weighted by Gasteiger charge is -2.07. The molecule has 0 fully saturated rings. The summed E-state index contributed by atoms with van der Waals surface area (Å²) in [5.74, 6) is -5.34. The molecule has 0 saturated carbocycles. The van der Waals surface area contributed by atoms with Gasteiger partial charge < -0.3 is 10.4 Å². The van der Waals surface area contributed by atoms with Gasteiger partial charge in [-0.1, -0.05) is 0 Å². The first-order chi connectivity index (χ1) is 8.40. The minimum atomic E-state index is -1.22. The molecule has 0 heterocycles. The van der Waals surface area contributed by atoms with Crippen LogP contribution in [0.1, 0.15) is 19.3 Å². The van der Waals surface area contributed by atoms with E-state index in [4.69, 9.17) is 5.11 Å². The number of amides is 1. The number of halogens is 3. The van der Waals surface area contributed by atoms with E-state index in [0.717, 1.165) is 0 Å². The molecule has 18 heavy (non-hydrogen) atoms. The number of anilines is 1. The SMILES string of the molecule is O=C(O)CCCC(=O)Nc1c(F)cc(F)cc1F. The molecule has 0 bridgehead atoms. The molecule has 1 aromatic carbocycles. The molecule has 98 valence electrons. The van der Waals surface area contributed by atoms with Gasteiger partial charge in [-0.25, -0.2) is 13.2 Å². The average molecular weight is 261 g/mol. The molecule has 0 aliphatic rings. The van der Waals surface area contributed by atoms with Crippen molar-refractivity contribution in [3.8, 4) is 0 Å². The van der Waals surface area contributed by atoms with Crippen molar-refractivity contribution in [3.05, 3.63) is 29.6 Å². The van der Waals surface area contributed by atoms with Crippen LogP contribution in [0.3, 0.4) is 0 Å². The molecule has 1 amide bonds. The Morgan fingerprint density at radius 1 is 1.11 bits per heavy atom. The smallest absolute Gasteiger partial charge is 0.303 e. The van der Waals surface area contributed by atoms with Gasteiger partial charge in [0.2, 0.25) is 5.91 Å². The van der Waals surface area contributed by atoms with Crippen molar-refractivity contribution in [1.82, 2.24) is 0 Å². The van der Waals surface area contributed by atoms with E-state index in [-0.39, 0.29) is 19.3 Å². The number of carbonyl (C=O) groups excluding carboxylic acids is 1. The van der Waals surface area contributed by atoms with Crippen LogP contribution in [0.5, 0.6) is 0 Å². The highest BCUT2D eigenvalue weighted by molar-refractivity contribution is 5.91. The largest absolute Gasteiger partial charge is 0.481 e. The lowest BCUT2D eigenvalue weighted by atomic mass is 10.2. The van der Waals surface area contributed by atoms with Crippen molar-refractivity contribution in [2.45, 2.75) is 19.3 Å². The van der Waals surface area contributed by atoms with Gasteiger partial charge in [-0.05, 0) is 6.42 Å². The van der Waals surface area contributed by atoms with Crippen LogP contribution in [-0.4, -0.2) is 17.0 Å². The van der Waals surface area contributed by atoms with Crippen molar-refractivity contribution in [2.75, 3.05) is 5.32 Å². The van der Waals surface area contributed by atoms with E-state index in [1.165, 1.54) is 0 Å². The van der Waals surface area contributed by atoms with Crippen LogP contribution in [-0.2, 0) is 9.59 Å². The third-order valence-corrected chi connectivity index (χ3v) is 2.07. The Morgan fingerprint density at radius 2 is 1.67 bits per heavy atom.